The monoisotopic (exact) mass is 318 g/mol. The van der Waals surface area contributed by atoms with Crippen LogP contribution in [0, 0.1) is 0 Å². The van der Waals surface area contributed by atoms with Gasteiger partial charge in [-0.15, -0.1) is 0 Å². The van der Waals surface area contributed by atoms with Crippen LogP contribution < -0.4 is 10.6 Å². The van der Waals surface area contributed by atoms with E-state index in [9.17, 15) is 4.79 Å². The van der Waals surface area contributed by atoms with E-state index in [0.717, 1.165) is 25.7 Å². The summed E-state index contributed by atoms with van der Waals surface area (Å²) >= 11 is 11.8. The van der Waals surface area contributed by atoms with Crippen LogP contribution in [0.4, 0.5) is 10.6 Å². The molecule has 1 fully saturated rings. The van der Waals surface area contributed by atoms with Crippen LogP contribution in [-0.4, -0.2) is 33.3 Å². The van der Waals surface area contributed by atoms with E-state index >= 15 is 0 Å². The first-order valence-electron chi connectivity index (χ1n) is 6.48. The fourth-order valence-electron chi connectivity index (χ4n) is 2.44. The fourth-order valence-corrected chi connectivity index (χ4v) is 2.72. The Balaban J connectivity index is 2.03. The number of amides is 1. The second kappa shape index (κ2) is 6.95. The van der Waals surface area contributed by atoms with Crippen molar-refractivity contribution in [2.24, 2.45) is 0 Å². The lowest BCUT2D eigenvalue weighted by atomic mass is 10.1. The normalized spacial score (nSPS) is 22.9. The standard InChI is InChI=1S/C12H16Cl2N4O2/c13-9-6-15-11(14)18-10(9)16-7-3-1-2-4-8(5-7)17-12(19)20/h6-8,17H,1-5H2,(H,19,20)(H,15,16,18)/t7-,8+/m0/s1. The van der Waals surface area contributed by atoms with Crippen LogP contribution in [0.15, 0.2) is 6.20 Å². The van der Waals surface area contributed by atoms with Crippen molar-refractivity contribution < 1.29 is 9.90 Å². The molecule has 2 atom stereocenters. The number of rotatable bonds is 3. The zero-order chi connectivity index (χ0) is 14.5. The molecule has 0 aromatic carbocycles. The number of carbonyl (C=O) groups is 1. The molecule has 20 heavy (non-hydrogen) atoms. The highest BCUT2D eigenvalue weighted by atomic mass is 35.5. The molecule has 0 saturated heterocycles. The molecule has 1 aliphatic rings. The maximum absolute atomic E-state index is 10.8. The summed E-state index contributed by atoms with van der Waals surface area (Å²) in [6.45, 7) is 0. The van der Waals surface area contributed by atoms with Gasteiger partial charge in [0.25, 0.3) is 0 Å². The van der Waals surface area contributed by atoms with Crippen molar-refractivity contribution in [2.75, 3.05) is 5.32 Å². The summed E-state index contributed by atoms with van der Waals surface area (Å²) in [7, 11) is 0. The molecule has 1 aromatic heterocycles. The number of carboxylic acid groups (broad SMARTS) is 1. The first-order valence-corrected chi connectivity index (χ1v) is 7.24. The van der Waals surface area contributed by atoms with Crippen molar-refractivity contribution in [2.45, 2.75) is 44.2 Å². The molecule has 1 aliphatic carbocycles. The number of aromatic nitrogens is 2. The summed E-state index contributed by atoms with van der Waals surface area (Å²) in [5.74, 6) is 0.493. The Labute approximate surface area is 126 Å². The second-order valence-electron chi connectivity index (χ2n) is 4.84. The van der Waals surface area contributed by atoms with Gasteiger partial charge in [-0.1, -0.05) is 24.4 Å². The van der Waals surface area contributed by atoms with E-state index in [2.05, 4.69) is 20.6 Å². The van der Waals surface area contributed by atoms with Gasteiger partial charge >= 0.3 is 6.09 Å². The van der Waals surface area contributed by atoms with E-state index in [1.807, 2.05) is 0 Å². The highest BCUT2D eigenvalue weighted by Gasteiger charge is 2.22. The van der Waals surface area contributed by atoms with Crippen LogP contribution in [-0.2, 0) is 0 Å². The maximum atomic E-state index is 10.8. The first kappa shape index (κ1) is 15.1. The number of nitrogens with one attached hydrogen (secondary N) is 2. The minimum Gasteiger partial charge on any atom is -0.465 e. The van der Waals surface area contributed by atoms with E-state index in [1.165, 1.54) is 6.20 Å². The van der Waals surface area contributed by atoms with Crippen molar-refractivity contribution in [3.8, 4) is 0 Å². The molecule has 0 aliphatic heterocycles. The lowest BCUT2D eigenvalue weighted by Crippen LogP contribution is -2.37. The number of halogens is 2. The molecule has 1 heterocycles. The molecule has 110 valence electrons. The SMILES string of the molecule is O=C(O)N[C@@H]1CCCC[C@H](Nc2nc(Cl)ncc2Cl)C1. The Morgan fingerprint density at radius 3 is 2.70 bits per heavy atom. The Morgan fingerprint density at radius 2 is 2.00 bits per heavy atom. The summed E-state index contributed by atoms with van der Waals surface area (Å²) in [4.78, 5) is 18.6. The highest BCUT2D eigenvalue weighted by Crippen LogP contribution is 2.25. The largest absolute Gasteiger partial charge is 0.465 e. The van der Waals surface area contributed by atoms with Gasteiger partial charge in [-0.25, -0.2) is 9.78 Å². The highest BCUT2D eigenvalue weighted by molar-refractivity contribution is 6.33. The van der Waals surface area contributed by atoms with Crippen molar-refractivity contribution >= 4 is 35.1 Å². The number of hydrogen-bond acceptors (Lipinski definition) is 4. The van der Waals surface area contributed by atoms with Gasteiger partial charge in [0.2, 0.25) is 5.28 Å². The Hall–Kier alpha value is -1.27. The van der Waals surface area contributed by atoms with Gasteiger partial charge in [-0.05, 0) is 30.9 Å². The Kier molecular flexibility index (Phi) is 5.25. The predicted octanol–water partition coefficient (Wildman–Crippen LogP) is 3.16. The predicted molar refractivity (Wildman–Crippen MR) is 77.5 cm³/mol. The van der Waals surface area contributed by atoms with E-state index < -0.39 is 6.09 Å². The molecule has 0 unspecified atom stereocenters. The molecule has 3 N–H and O–H groups in total. The maximum Gasteiger partial charge on any atom is 0.404 e. The third-order valence-electron chi connectivity index (χ3n) is 3.31. The summed E-state index contributed by atoms with van der Waals surface area (Å²) in [6.07, 6.45) is 4.98. The Morgan fingerprint density at radius 1 is 1.30 bits per heavy atom. The zero-order valence-corrected chi connectivity index (χ0v) is 12.3. The molecule has 0 bridgehead atoms. The third kappa shape index (κ3) is 4.38. The molecule has 8 heteroatoms. The van der Waals surface area contributed by atoms with Crippen molar-refractivity contribution in [1.82, 2.24) is 15.3 Å². The molecule has 1 amide bonds. The summed E-state index contributed by atoms with van der Waals surface area (Å²) in [5, 5.41) is 15.1. The molecule has 0 radical (unpaired) electrons. The van der Waals surface area contributed by atoms with Crippen LogP contribution in [0.1, 0.15) is 32.1 Å². The molecule has 1 aromatic rings. The van der Waals surface area contributed by atoms with Gasteiger partial charge in [0.1, 0.15) is 10.8 Å². The van der Waals surface area contributed by atoms with Gasteiger partial charge < -0.3 is 15.7 Å². The number of hydrogen-bond donors (Lipinski definition) is 3. The summed E-state index contributed by atoms with van der Waals surface area (Å²) in [6, 6.07) is 0.0569. The van der Waals surface area contributed by atoms with Crippen LogP contribution in [0.3, 0.4) is 0 Å². The molecule has 6 nitrogen and oxygen atoms in total. The lowest BCUT2D eigenvalue weighted by molar-refractivity contribution is 0.188. The van der Waals surface area contributed by atoms with Crippen LogP contribution >= 0.6 is 23.2 Å². The molecular formula is C12H16Cl2N4O2. The van der Waals surface area contributed by atoms with Crippen molar-refractivity contribution in [3.63, 3.8) is 0 Å². The molecule has 0 spiro atoms. The fraction of sp³-hybridized carbons (Fsp3) is 0.583. The van der Waals surface area contributed by atoms with Gasteiger partial charge in [0.15, 0.2) is 0 Å². The second-order valence-corrected chi connectivity index (χ2v) is 5.59. The average Bonchev–Trinajstić information content (AvgIpc) is 2.58. The number of anilines is 1. The summed E-state index contributed by atoms with van der Waals surface area (Å²) in [5.41, 5.74) is 0. The number of nitrogens with zero attached hydrogens (tertiary/aromatic N) is 2. The zero-order valence-electron chi connectivity index (χ0n) is 10.8. The van der Waals surface area contributed by atoms with E-state index in [4.69, 9.17) is 28.3 Å². The van der Waals surface area contributed by atoms with E-state index in [0.29, 0.717) is 17.3 Å². The molecule has 2 rings (SSSR count). The van der Waals surface area contributed by atoms with E-state index in [1.54, 1.807) is 0 Å². The van der Waals surface area contributed by atoms with Gasteiger partial charge in [-0.3, -0.25) is 0 Å². The van der Waals surface area contributed by atoms with Gasteiger partial charge in [0.05, 0.1) is 6.20 Å². The first-order chi connectivity index (χ1) is 9.54. The van der Waals surface area contributed by atoms with Gasteiger partial charge in [-0.2, -0.15) is 4.98 Å². The lowest BCUT2D eigenvalue weighted by Gasteiger charge is -2.22. The van der Waals surface area contributed by atoms with Crippen LogP contribution in [0.25, 0.3) is 0 Å². The van der Waals surface area contributed by atoms with Crippen LogP contribution in [0.5, 0.6) is 0 Å². The minimum atomic E-state index is -0.987. The van der Waals surface area contributed by atoms with E-state index in [-0.39, 0.29) is 17.4 Å². The average molecular weight is 319 g/mol. The molecular weight excluding hydrogens is 303 g/mol. The topological polar surface area (TPSA) is 87.1 Å². The Bertz CT molecular complexity index is 487. The van der Waals surface area contributed by atoms with Crippen molar-refractivity contribution in [1.29, 1.82) is 0 Å². The minimum absolute atomic E-state index is 0.0522. The third-order valence-corrected chi connectivity index (χ3v) is 3.77. The van der Waals surface area contributed by atoms with Crippen molar-refractivity contribution in [3.05, 3.63) is 16.5 Å². The van der Waals surface area contributed by atoms with Crippen LogP contribution in [0.2, 0.25) is 10.3 Å². The molecule has 1 saturated carbocycles. The quantitative estimate of drug-likeness (QED) is 0.588. The smallest absolute Gasteiger partial charge is 0.404 e. The van der Waals surface area contributed by atoms with Gasteiger partial charge in [0, 0.05) is 12.1 Å². The summed E-state index contributed by atoms with van der Waals surface area (Å²) < 4.78 is 0.